The van der Waals surface area contributed by atoms with Crippen LogP contribution in [-0.2, 0) is 10.0 Å². The third-order valence-electron chi connectivity index (χ3n) is 3.09. The normalized spacial score (nSPS) is 24.6. The van der Waals surface area contributed by atoms with Gasteiger partial charge in [0.15, 0.2) is 0 Å². The molecule has 0 spiro atoms. The molecule has 0 aromatic carbocycles. The van der Waals surface area contributed by atoms with Crippen LogP contribution in [0.15, 0.2) is 14.1 Å². The van der Waals surface area contributed by atoms with Crippen molar-refractivity contribution in [1.82, 2.24) is 4.72 Å². The van der Waals surface area contributed by atoms with Crippen LogP contribution >= 0.6 is 38.9 Å². The van der Waals surface area contributed by atoms with Crippen LogP contribution in [0.4, 0.5) is 0 Å². The van der Waals surface area contributed by atoms with Crippen LogP contribution < -0.4 is 4.72 Å². The highest BCUT2D eigenvalue weighted by Crippen LogP contribution is 2.35. The highest BCUT2D eigenvalue weighted by Gasteiger charge is 2.31. The van der Waals surface area contributed by atoms with Gasteiger partial charge in [0, 0.05) is 12.6 Å². The molecule has 0 bridgehead atoms. The topological polar surface area (TPSA) is 66.4 Å². The molecule has 0 radical (unpaired) electrons. The zero-order valence-corrected chi connectivity index (χ0v) is 13.4. The van der Waals surface area contributed by atoms with Crippen LogP contribution in [0.2, 0.25) is 5.02 Å². The fourth-order valence-corrected chi connectivity index (χ4v) is 5.88. The van der Waals surface area contributed by atoms with Gasteiger partial charge in [-0.25, -0.2) is 13.1 Å². The molecule has 4 nitrogen and oxygen atoms in total. The minimum absolute atomic E-state index is 0.0126. The van der Waals surface area contributed by atoms with Gasteiger partial charge in [0.1, 0.15) is 4.21 Å². The molecule has 0 aliphatic heterocycles. The van der Waals surface area contributed by atoms with E-state index in [0.717, 1.165) is 30.6 Å². The first kappa shape index (κ1) is 14.7. The molecule has 18 heavy (non-hydrogen) atoms. The van der Waals surface area contributed by atoms with E-state index >= 15 is 0 Å². The molecule has 2 N–H and O–H groups in total. The second-order valence-corrected chi connectivity index (χ2v) is 9.01. The van der Waals surface area contributed by atoms with E-state index in [1.54, 1.807) is 0 Å². The van der Waals surface area contributed by atoms with E-state index in [1.165, 1.54) is 6.07 Å². The summed E-state index contributed by atoms with van der Waals surface area (Å²) in [6.45, 7) is 0.0160. The van der Waals surface area contributed by atoms with Gasteiger partial charge >= 0.3 is 0 Å². The number of rotatable bonds is 4. The lowest BCUT2D eigenvalue weighted by Gasteiger charge is -2.18. The van der Waals surface area contributed by atoms with E-state index in [0.29, 0.717) is 8.81 Å². The summed E-state index contributed by atoms with van der Waals surface area (Å²) in [4.78, 5) is 0. The molecular formula is C10H13BrClNO3S2. The summed E-state index contributed by atoms with van der Waals surface area (Å²) in [5.74, 6) is 0.0126. The zero-order chi connectivity index (χ0) is 13.3. The lowest BCUT2D eigenvalue weighted by molar-refractivity contribution is 0.213. The fraction of sp³-hybridized carbons (Fsp3) is 0.600. The molecule has 1 aliphatic carbocycles. The maximum Gasteiger partial charge on any atom is 0.250 e. The fourth-order valence-electron chi connectivity index (χ4n) is 2.13. The number of hydrogen-bond donors (Lipinski definition) is 2. The summed E-state index contributed by atoms with van der Waals surface area (Å²) in [7, 11) is -3.55. The minimum atomic E-state index is -3.55. The average Bonchev–Trinajstić information content (AvgIpc) is 2.86. The van der Waals surface area contributed by atoms with E-state index in [1.807, 2.05) is 0 Å². The average molecular weight is 375 g/mol. The first-order valence-electron chi connectivity index (χ1n) is 5.52. The van der Waals surface area contributed by atoms with Crippen molar-refractivity contribution in [2.45, 2.75) is 29.5 Å². The van der Waals surface area contributed by atoms with Crippen molar-refractivity contribution in [2.24, 2.45) is 5.92 Å². The molecule has 8 heteroatoms. The lowest BCUT2D eigenvalue weighted by atomic mass is 10.1. The third kappa shape index (κ3) is 3.08. The van der Waals surface area contributed by atoms with Crippen molar-refractivity contribution in [1.29, 1.82) is 0 Å². The smallest absolute Gasteiger partial charge is 0.250 e. The maximum absolute atomic E-state index is 12.2. The van der Waals surface area contributed by atoms with Crippen molar-refractivity contribution in [3.05, 3.63) is 14.9 Å². The molecule has 1 aromatic heterocycles. The molecule has 1 aromatic rings. The Hall–Kier alpha value is 0.340. The SMILES string of the molecule is O=S(=O)(NC1CCCC1CO)c1cc(Cl)c(Br)s1. The Bertz CT molecular complexity index is 512. The Labute approximate surface area is 124 Å². The quantitative estimate of drug-likeness (QED) is 0.851. The summed E-state index contributed by atoms with van der Waals surface area (Å²) in [6.07, 6.45) is 2.57. The first-order valence-corrected chi connectivity index (χ1v) is 8.99. The molecule has 1 fully saturated rings. The summed E-state index contributed by atoms with van der Waals surface area (Å²) < 4.78 is 27.8. The van der Waals surface area contributed by atoms with Crippen molar-refractivity contribution in [3.8, 4) is 0 Å². The van der Waals surface area contributed by atoms with E-state index in [2.05, 4.69) is 20.7 Å². The van der Waals surface area contributed by atoms with Gasteiger partial charge in [-0.2, -0.15) is 0 Å². The molecule has 1 aliphatic rings. The Morgan fingerprint density at radius 3 is 2.83 bits per heavy atom. The molecule has 2 atom stereocenters. The second kappa shape index (κ2) is 5.76. The molecule has 0 amide bonds. The molecule has 0 saturated heterocycles. The molecule has 2 rings (SSSR count). The summed E-state index contributed by atoms with van der Waals surface area (Å²) >= 11 is 10.1. The standard InChI is InChI=1S/C10H13BrClNO3S2/c11-10-7(12)4-9(17-10)18(15,16)13-8-3-1-2-6(8)5-14/h4,6,8,13-14H,1-3,5H2. The zero-order valence-electron chi connectivity index (χ0n) is 9.40. The van der Waals surface area contributed by atoms with Gasteiger partial charge in [0.05, 0.1) is 8.81 Å². The highest BCUT2D eigenvalue weighted by atomic mass is 79.9. The predicted octanol–water partition coefficient (Wildman–Crippen LogP) is 2.60. The first-order chi connectivity index (χ1) is 8.44. The van der Waals surface area contributed by atoms with Crippen LogP contribution in [-0.4, -0.2) is 26.2 Å². The maximum atomic E-state index is 12.2. The van der Waals surface area contributed by atoms with Crippen molar-refractivity contribution in [2.75, 3.05) is 6.61 Å². The highest BCUT2D eigenvalue weighted by molar-refractivity contribution is 9.11. The van der Waals surface area contributed by atoms with Gasteiger partial charge in [-0.15, -0.1) is 11.3 Å². The lowest BCUT2D eigenvalue weighted by Crippen LogP contribution is -2.38. The van der Waals surface area contributed by atoms with Crippen molar-refractivity contribution < 1.29 is 13.5 Å². The number of aliphatic hydroxyl groups is 1. The van der Waals surface area contributed by atoms with E-state index in [9.17, 15) is 13.5 Å². The number of hydrogen-bond acceptors (Lipinski definition) is 4. The Balaban J connectivity index is 2.17. The van der Waals surface area contributed by atoms with E-state index < -0.39 is 10.0 Å². The second-order valence-electron chi connectivity index (χ2n) is 4.29. The summed E-state index contributed by atoms with van der Waals surface area (Å²) in [6, 6.07) is 1.25. The van der Waals surface area contributed by atoms with Gasteiger partial charge < -0.3 is 5.11 Å². The molecular weight excluding hydrogens is 362 g/mol. The van der Waals surface area contributed by atoms with Crippen LogP contribution in [0.5, 0.6) is 0 Å². The Morgan fingerprint density at radius 2 is 2.28 bits per heavy atom. The van der Waals surface area contributed by atoms with Gasteiger partial charge in [0.25, 0.3) is 0 Å². The van der Waals surface area contributed by atoms with Crippen molar-refractivity contribution in [3.63, 3.8) is 0 Å². The summed E-state index contributed by atoms with van der Waals surface area (Å²) in [5, 5.41) is 9.59. The number of sulfonamides is 1. The molecule has 1 saturated carbocycles. The Morgan fingerprint density at radius 1 is 1.56 bits per heavy atom. The van der Waals surface area contributed by atoms with Crippen molar-refractivity contribution >= 4 is 48.9 Å². The number of halogens is 2. The van der Waals surface area contributed by atoms with Gasteiger partial charge in [0.2, 0.25) is 10.0 Å². The van der Waals surface area contributed by atoms with E-state index in [-0.39, 0.29) is 22.8 Å². The monoisotopic (exact) mass is 373 g/mol. The number of thiophene rings is 1. The number of nitrogens with one attached hydrogen (secondary N) is 1. The van der Waals surface area contributed by atoms with Crippen LogP contribution in [0.25, 0.3) is 0 Å². The van der Waals surface area contributed by atoms with Crippen LogP contribution in [0.3, 0.4) is 0 Å². The van der Waals surface area contributed by atoms with Gasteiger partial charge in [-0.05, 0) is 40.8 Å². The third-order valence-corrected chi connectivity index (χ3v) is 7.53. The minimum Gasteiger partial charge on any atom is -0.396 e. The molecule has 1 heterocycles. The number of aliphatic hydroxyl groups excluding tert-OH is 1. The van der Waals surface area contributed by atoms with Crippen LogP contribution in [0.1, 0.15) is 19.3 Å². The van der Waals surface area contributed by atoms with Crippen LogP contribution in [0, 0.1) is 5.92 Å². The van der Waals surface area contributed by atoms with E-state index in [4.69, 9.17) is 11.6 Å². The summed E-state index contributed by atoms with van der Waals surface area (Å²) in [5.41, 5.74) is 0. The van der Waals surface area contributed by atoms with Gasteiger partial charge in [-0.1, -0.05) is 18.0 Å². The molecule has 102 valence electrons. The predicted molar refractivity (Wildman–Crippen MR) is 75.6 cm³/mol. The van der Waals surface area contributed by atoms with Gasteiger partial charge in [-0.3, -0.25) is 0 Å². The largest absolute Gasteiger partial charge is 0.396 e. The molecule has 2 unspecified atom stereocenters. The Kier molecular flexibility index (Phi) is 4.72.